The Morgan fingerprint density at radius 2 is 2.24 bits per heavy atom. The first-order valence-corrected chi connectivity index (χ1v) is 6.07. The first-order valence-electron chi connectivity index (χ1n) is 6.07. The second kappa shape index (κ2) is 4.02. The molecule has 1 aromatic heterocycles. The maximum atomic E-state index is 13.2. The number of imidazole rings is 1. The third-order valence-electron chi connectivity index (χ3n) is 3.75. The van der Waals surface area contributed by atoms with Gasteiger partial charge >= 0.3 is 5.69 Å². The fourth-order valence-electron chi connectivity index (χ4n) is 2.94. The molecule has 0 bridgehead atoms. The average molecular weight is 234 g/mol. The van der Waals surface area contributed by atoms with E-state index in [4.69, 9.17) is 0 Å². The largest absolute Gasteiger partial charge is 0.323 e. The molecule has 17 heavy (non-hydrogen) atoms. The van der Waals surface area contributed by atoms with E-state index in [9.17, 15) is 9.18 Å². The van der Waals surface area contributed by atoms with Crippen molar-refractivity contribution in [3.8, 4) is 0 Å². The predicted molar refractivity (Wildman–Crippen MR) is 63.3 cm³/mol. The maximum absolute atomic E-state index is 13.2. The minimum Gasteiger partial charge on any atom is -0.313 e. The number of aromatic nitrogens is 2. The maximum Gasteiger partial charge on any atom is 0.323 e. The standard InChI is InChI=1S/C13H15FN2O/c14-10-3-4-12-8(5-10)1-2-9(12)6-11-7-15-13(17)16-11/h5,7,9H,1-4,6H2,(H2,15,16,17)/t9-/m1/s1. The average Bonchev–Trinajstić information content (AvgIpc) is 2.86. The van der Waals surface area contributed by atoms with Gasteiger partial charge in [0.05, 0.1) is 0 Å². The Labute approximate surface area is 98.4 Å². The van der Waals surface area contributed by atoms with Crippen LogP contribution < -0.4 is 5.69 Å². The van der Waals surface area contributed by atoms with Crippen molar-refractivity contribution in [2.24, 2.45) is 5.92 Å². The molecule has 3 rings (SSSR count). The molecule has 1 aromatic rings. The van der Waals surface area contributed by atoms with E-state index in [0.717, 1.165) is 31.4 Å². The Kier molecular flexibility index (Phi) is 2.50. The van der Waals surface area contributed by atoms with Gasteiger partial charge in [-0.2, -0.15) is 0 Å². The molecule has 4 heteroatoms. The van der Waals surface area contributed by atoms with E-state index in [2.05, 4.69) is 9.97 Å². The molecule has 2 aliphatic carbocycles. The highest BCUT2D eigenvalue weighted by molar-refractivity contribution is 5.37. The highest BCUT2D eigenvalue weighted by atomic mass is 19.1. The predicted octanol–water partition coefficient (Wildman–Crippen LogP) is 2.60. The Morgan fingerprint density at radius 3 is 3.00 bits per heavy atom. The molecular weight excluding hydrogens is 219 g/mol. The van der Waals surface area contributed by atoms with Gasteiger partial charge in [-0.1, -0.05) is 5.57 Å². The zero-order chi connectivity index (χ0) is 11.8. The van der Waals surface area contributed by atoms with Crippen LogP contribution in [0.3, 0.4) is 0 Å². The summed E-state index contributed by atoms with van der Waals surface area (Å²) in [6, 6.07) is 0. The lowest BCUT2D eigenvalue weighted by Gasteiger charge is -2.16. The lowest BCUT2D eigenvalue weighted by molar-refractivity contribution is 0.543. The van der Waals surface area contributed by atoms with Crippen LogP contribution in [0.1, 0.15) is 31.4 Å². The zero-order valence-electron chi connectivity index (χ0n) is 9.55. The second-order valence-electron chi connectivity index (χ2n) is 4.85. The summed E-state index contributed by atoms with van der Waals surface area (Å²) in [5.74, 6) is 0.486. The van der Waals surface area contributed by atoms with Crippen LogP contribution in [0.25, 0.3) is 0 Å². The van der Waals surface area contributed by atoms with Crippen LogP contribution in [0.15, 0.2) is 34.0 Å². The smallest absolute Gasteiger partial charge is 0.313 e. The summed E-state index contributed by atoms with van der Waals surface area (Å²) in [4.78, 5) is 16.4. The molecule has 0 aliphatic heterocycles. The summed E-state index contributed by atoms with van der Waals surface area (Å²) in [7, 11) is 0. The van der Waals surface area contributed by atoms with Crippen molar-refractivity contribution in [2.75, 3.05) is 0 Å². The number of aromatic amines is 2. The van der Waals surface area contributed by atoms with Crippen molar-refractivity contribution in [1.29, 1.82) is 0 Å². The normalized spacial score (nSPS) is 23.8. The number of hydrogen-bond donors (Lipinski definition) is 2. The number of rotatable bonds is 2. The van der Waals surface area contributed by atoms with E-state index >= 15 is 0 Å². The molecule has 0 radical (unpaired) electrons. The molecule has 2 N–H and O–H groups in total. The molecule has 2 aliphatic rings. The topological polar surface area (TPSA) is 48.6 Å². The van der Waals surface area contributed by atoms with Gasteiger partial charge in [0.25, 0.3) is 0 Å². The molecule has 0 aromatic carbocycles. The van der Waals surface area contributed by atoms with E-state index in [0.29, 0.717) is 12.3 Å². The molecule has 0 unspecified atom stereocenters. The van der Waals surface area contributed by atoms with Gasteiger partial charge in [-0.25, -0.2) is 9.18 Å². The quantitative estimate of drug-likeness (QED) is 0.811. The fourth-order valence-corrected chi connectivity index (χ4v) is 2.94. The van der Waals surface area contributed by atoms with Crippen molar-refractivity contribution < 1.29 is 4.39 Å². The van der Waals surface area contributed by atoms with Crippen LogP contribution in [0, 0.1) is 5.92 Å². The van der Waals surface area contributed by atoms with Crippen LogP contribution in [0.2, 0.25) is 0 Å². The zero-order valence-corrected chi connectivity index (χ0v) is 9.55. The number of allylic oxidation sites excluding steroid dienone is 4. The number of nitrogens with one attached hydrogen (secondary N) is 2. The molecule has 3 nitrogen and oxygen atoms in total. The van der Waals surface area contributed by atoms with Crippen LogP contribution in [-0.4, -0.2) is 9.97 Å². The number of halogens is 1. The Balaban J connectivity index is 1.80. The number of hydrogen-bond acceptors (Lipinski definition) is 1. The first kappa shape index (κ1) is 10.6. The lowest BCUT2D eigenvalue weighted by atomic mass is 9.90. The second-order valence-corrected chi connectivity index (χ2v) is 4.85. The van der Waals surface area contributed by atoms with Crippen LogP contribution in [0.4, 0.5) is 4.39 Å². The van der Waals surface area contributed by atoms with Crippen molar-refractivity contribution >= 4 is 0 Å². The molecule has 1 atom stereocenters. The minimum absolute atomic E-state index is 0.0134. The molecule has 0 amide bonds. The Bertz CT molecular complexity index is 550. The summed E-state index contributed by atoms with van der Waals surface area (Å²) in [6.07, 6.45) is 7.73. The van der Waals surface area contributed by atoms with E-state index in [1.807, 2.05) is 0 Å². The van der Waals surface area contributed by atoms with Gasteiger partial charge in [0, 0.05) is 18.3 Å². The highest BCUT2D eigenvalue weighted by Gasteiger charge is 2.27. The summed E-state index contributed by atoms with van der Waals surface area (Å²) in [5, 5.41) is 0. The molecular formula is C13H15FN2O. The molecule has 1 heterocycles. The van der Waals surface area contributed by atoms with Crippen LogP contribution in [0.5, 0.6) is 0 Å². The molecule has 0 saturated carbocycles. The van der Waals surface area contributed by atoms with Gasteiger partial charge in [0.2, 0.25) is 0 Å². The van der Waals surface area contributed by atoms with Gasteiger partial charge in [-0.05, 0) is 43.3 Å². The molecule has 0 saturated heterocycles. The van der Waals surface area contributed by atoms with Crippen LogP contribution in [-0.2, 0) is 6.42 Å². The van der Waals surface area contributed by atoms with Crippen molar-refractivity contribution in [3.63, 3.8) is 0 Å². The molecule has 90 valence electrons. The van der Waals surface area contributed by atoms with Gasteiger partial charge in [0.15, 0.2) is 0 Å². The van der Waals surface area contributed by atoms with Gasteiger partial charge in [0.1, 0.15) is 5.83 Å². The molecule has 0 spiro atoms. The van der Waals surface area contributed by atoms with Gasteiger partial charge < -0.3 is 9.97 Å². The summed E-state index contributed by atoms with van der Waals surface area (Å²) >= 11 is 0. The van der Waals surface area contributed by atoms with Crippen molar-refractivity contribution in [2.45, 2.75) is 32.1 Å². The Hall–Kier alpha value is -1.58. The summed E-state index contributed by atoms with van der Waals surface area (Å²) in [5.41, 5.74) is 3.38. The first-order chi connectivity index (χ1) is 8.22. The van der Waals surface area contributed by atoms with E-state index in [1.54, 1.807) is 12.3 Å². The number of H-pyrrole nitrogens is 2. The summed E-state index contributed by atoms with van der Waals surface area (Å²) in [6.45, 7) is 0. The monoisotopic (exact) mass is 234 g/mol. The van der Waals surface area contributed by atoms with Gasteiger partial charge in [-0.3, -0.25) is 0 Å². The van der Waals surface area contributed by atoms with E-state index in [1.165, 1.54) is 11.1 Å². The lowest BCUT2D eigenvalue weighted by Crippen LogP contribution is -2.08. The van der Waals surface area contributed by atoms with Gasteiger partial charge in [-0.15, -0.1) is 0 Å². The third-order valence-corrected chi connectivity index (χ3v) is 3.75. The van der Waals surface area contributed by atoms with Crippen molar-refractivity contribution in [1.82, 2.24) is 9.97 Å². The van der Waals surface area contributed by atoms with Crippen LogP contribution >= 0.6 is 0 Å². The Morgan fingerprint density at radius 1 is 1.35 bits per heavy atom. The van der Waals surface area contributed by atoms with Crippen molar-refractivity contribution in [3.05, 3.63) is 45.4 Å². The summed E-state index contributed by atoms with van der Waals surface area (Å²) < 4.78 is 13.2. The third kappa shape index (κ3) is 1.99. The fraction of sp³-hybridized carbons (Fsp3) is 0.462. The molecule has 0 fully saturated rings. The minimum atomic E-state index is -0.151. The van der Waals surface area contributed by atoms with E-state index in [-0.39, 0.29) is 11.5 Å². The SMILES string of the molecule is O=c1[nH]cc(C[C@H]2CCC3=C2CCC(F)=C3)[nH]1. The highest BCUT2D eigenvalue weighted by Crippen LogP contribution is 2.41. The van der Waals surface area contributed by atoms with E-state index < -0.39 is 0 Å².